The number of methoxy groups -OCH3 is 2. The molecule has 0 radical (unpaired) electrons. The number of hydrogen-bond donors (Lipinski definition) is 1. The highest BCUT2D eigenvalue weighted by atomic mass is 16.5. The van der Waals surface area contributed by atoms with Gasteiger partial charge in [0.1, 0.15) is 0 Å². The van der Waals surface area contributed by atoms with Crippen molar-refractivity contribution in [3.05, 3.63) is 54.2 Å². The molecule has 1 aliphatic heterocycles. The van der Waals surface area contributed by atoms with Gasteiger partial charge in [0, 0.05) is 55.0 Å². The van der Waals surface area contributed by atoms with Crippen LogP contribution in [0.1, 0.15) is 10.4 Å². The second-order valence-corrected chi connectivity index (χ2v) is 6.90. The van der Waals surface area contributed by atoms with Crippen LogP contribution in [0.25, 0.3) is 10.9 Å². The van der Waals surface area contributed by atoms with Crippen LogP contribution in [0.15, 0.2) is 48.7 Å². The average molecular weight is 393 g/mol. The predicted molar refractivity (Wildman–Crippen MR) is 111 cm³/mol. The molecule has 7 nitrogen and oxygen atoms in total. The van der Waals surface area contributed by atoms with Crippen molar-refractivity contribution >= 4 is 28.3 Å². The van der Waals surface area contributed by atoms with Crippen molar-refractivity contribution in [1.29, 1.82) is 0 Å². The minimum Gasteiger partial charge on any atom is -0.493 e. The molecule has 1 saturated heterocycles. The standard InChI is InChI=1S/C22H23N3O4/c1-28-19-8-7-15(13-20(19)29-2)24-9-11-25(12-10-24)22(27)21(26)17-14-23-18-6-4-3-5-16(17)18/h3-8,13-14,23H,9-12H2,1-2H3. The van der Waals surface area contributed by atoms with E-state index in [0.29, 0.717) is 43.2 Å². The minimum absolute atomic E-state index is 0.424. The van der Waals surface area contributed by atoms with Gasteiger partial charge >= 0.3 is 0 Å². The molecule has 1 N–H and O–H groups in total. The molecular formula is C22H23N3O4. The van der Waals surface area contributed by atoms with Gasteiger partial charge in [-0.3, -0.25) is 9.59 Å². The summed E-state index contributed by atoms with van der Waals surface area (Å²) in [5, 5.41) is 0.773. The topological polar surface area (TPSA) is 74.9 Å². The largest absolute Gasteiger partial charge is 0.493 e. The Labute approximate surface area is 168 Å². The minimum atomic E-state index is -0.470. The number of ether oxygens (including phenoxy) is 2. The van der Waals surface area contributed by atoms with Gasteiger partial charge < -0.3 is 24.3 Å². The third-order valence-electron chi connectivity index (χ3n) is 5.33. The van der Waals surface area contributed by atoms with E-state index in [9.17, 15) is 9.59 Å². The number of piperazine rings is 1. The zero-order valence-corrected chi connectivity index (χ0v) is 16.5. The fourth-order valence-corrected chi connectivity index (χ4v) is 3.71. The second-order valence-electron chi connectivity index (χ2n) is 6.90. The molecule has 0 unspecified atom stereocenters. The summed E-state index contributed by atoms with van der Waals surface area (Å²) in [7, 11) is 3.21. The lowest BCUT2D eigenvalue weighted by Gasteiger charge is -2.36. The molecule has 2 aromatic carbocycles. The van der Waals surface area contributed by atoms with Crippen LogP contribution in [0.5, 0.6) is 11.5 Å². The summed E-state index contributed by atoms with van der Waals surface area (Å²) in [6.07, 6.45) is 1.62. The third kappa shape index (κ3) is 3.51. The van der Waals surface area contributed by atoms with Crippen LogP contribution in [0.3, 0.4) is 0 Å². The van der Waals surface area contributed by atoms with Crippen LogP contribution in [0, 0.1) is 0 Å². The summed E-state index contributed by atoms with van der Waals surface area (Å²) < 4.78 is 10.7. The van der Waals surface area contributed by atoms with E-state index in [1.165, 1.54) is 0 Å². The van der Waals surface area contributed by atoms with E-state index in [2.05, 4.69) is 9.88 Å². The summed E-state index contributed by atoms with van der Waals surface area (Å²) >= 11 is 0. The Kier molecular flexibility index (Phi) is 5.12. The van der Waals surface area contributed by atoms with Crippen molar-refractivity contribution in [3.8, 4) is 11.5 Å². The molecule has 150 valence electrons. The van der Waals surface area contributed by atoms with Crippen LogP contribution in [0.2, 0.25) is 0 Å². The van der Waals surface area contributed by atoms with Crippen molar-refractivity contribution in [3.63, 3.8) is 0 Å². The molecule has 0 bridgehead atoms. The summed E-state index contributed by atoms with van der Waals surface area (Å²) in [4.78, 5) is 32.4. The number of hydrogen-bond acceptors (Lipinski definition) is 5. The van der Waals surface area contributed by atoms with E-state index in [4.69, 9.17) is 9.47 Å². The molecule has 0 aliphatic carbocycles. The maximum absolute atomic E-state index is 12.8. The first-order valence-corrected chi connectivity index (χ1v) is 9.49. The van der Waals surface area contributed by atoms with Crippen molar-refractivity contribution < 1.29 is 19.1 Å². The third-order valence-corrected chi connectivity index (χ3v) is 5.33. The Morgan fingerprint density at radius 2 is 1.66 bits per heavy atom. The number of benzene rings is 2. The van der Waals surface area contributed by atoms with Gasteiger partial charge in [-0.25, -0.2) is 0 Å². The normalized spacial score (nSPS) is 14.1. The highest BCUT2D eigenvalue weighted by molar-refractivity contribution is 6.44. The maximum atomic E-state index is 12.8. The van der Waals surface area contributed by atoms with E-state index in [0.717, 1.165) is 16.6 Å². The first-order chi connectivity index (χ1) is 14.1. The molecule has 0 atom stereocenters. The van der Waals surface area contributed by atoms with Crippen LogP contribution in [-0.2, 0) is 4.79 Å². The number of rotatable bonds is 5. The smallest absolute Gasteiger partial charge is 0.295 e. The number of aromatic amines is 1. The molecule has 29 heavy (non-hydrogen) atoms. The summed E-state index contributed by atoms with van der Waals surface area (Å²) in [5.74, 6) is 0.413. The lowest BCUT2D eigenvalue weighted by atomic mass is 10.1. The van der Waals surface area contributed by atoms with Crippen molar-refractivity contribution in [2.45, 2.75) is 0 Å². The number of amides is 1. The lowest BCUT2D eigenvalue weighted by Crippen LogP contribution is -2.50. The molecular weight excluding hydrogens is 370 g/mol. The molecule has 1 aliphatic rings. The Hall–Kier alpha value is -3.48. The van der Waals surface area contributed by atoms with Crippen molar-refractivity contribution in [2.75, 3.05) is 45.3 Å². The molecule has 1 amide bonds. The highest BCUT2D eigenvalue weighted by Crippen LogP contribution is 2.32. The molecule has 1 aromatic heterocycles. The number of nitrogens with one attached hydrogen (secondary N) is 1. The van der Waals surface area contributed by atoms with E-state index >= 15 is 0 Å². The van der Waals surface area contributed by atoms with Gasteiger partial charge in [-0.2, -0.15) is 0 Å². The fourth-order valence-electron chi connectivity index (χ4n) is 3.71. The summed E-state index contributed by atoms with van der Waals surface area (Å²) in [5.41, 5.74) is 2.27. The molecule has 1 fully saturated rings. The van der Waals surface area contributed by atoms with Gasteiger partial charge in [-0.15, -0.1) is 0 Å². The first kappa shape index (κ1) is 18.9. The van der Waals surface area contributed by atoms with Gasteiger partial charge in [0.25, 0.3) is 11.7 Å². The van der Waals surface area contributed by atoms with Crippen molar-refractivity contribution in [1.82, 2.24) is 9.88 Å². The molecule has 0 saturated carbocycles. The number of Topliss-reactive ketones (excluding diaryl/α,β-unsaturated/α-hetero) is 1. The SMILES string of the molecule is COc1ccc(N2CCN(C(=O)C(=O)c3c[nH]c4ccccc34)CC2)cc1OC. The van der Waals surface area contributed by atoms with Crippen LogP contribution in [-0.4, -0.2) is 62.0 Å². The number of aromatic nitrogens is 1. The maximum Gasteiger partial charge on any atom is 0.295 e. The Morgan fingerprint density at radius 1 is 0.931 bits per heavy atom. The number of nitrogens with zero attached hydrogens (tertiary/aromatic N) is 2. The van der Waals surface area contributed by atoms with E-state index in [1.807, 2.05) is 42.5 Å². The molecule has 7 heteroatoms. The highest BCUT2D eigenvalue weighted by Gasteiger charge is 2.28. The Morgan fingerprint density at radius 3 is 2.38 bits per heavy atom. The Balaban J connectivity index is 1.44. The van der Waals surface area contributed by atoms with E-state index in [1.54, 1.807) is 25.3 Å². The number of ketones is 1. The molecule has 3 aromatic rings. The number of H-pyrrole nitrogens is 1. The number of anilines is 1. The van der Waals surface area contributed by atoms with Crippen LogP contribution >= 0.6 is 0 Å². The number of carbonyl (C=O) groups is 2. The van der Waals surface area contributed by atoms with Gasteiger partial charge in [0.2, 0.25) is 0 Å². The second kappa shape index (κ2) is 7.87. The van der Waals surface area contributed by atoms with Gasteiger partial charge in [0.15, 0.2) is 11.5 Å². The van der Waals surface area contributed by atoms with Crippen LogP contribution in [0.4, 0.5) is 5.69 Å². The van der Waals surface area contributed by atoms with E-state index in [-0.39, 0.29) is 0 Å². The number of carbonyl (C=O) groups excluding carboxylic acids is 2. The Bertz CT molecular complexity index is 1050. The van der Waals surface area contributed by atoms with Crippen molar-refractivity contribution in [2.24, 2.45) is 0 Å². The van der Waals surface area contributed by atoms with E-state index < -0.39 is 11.7 Å². The quantitative estimate of drug-likeness (QED) is 0.533. The monoisotopic (exact) mass is 393 g/mol. The predicted octanol–water partition coefficient (Wildman–Crippen LogP) is 2.72. The number of para-hydroxylation sites is 1. The zero-order valence-electron chi connectivity index (χ0n) is 16.5. The zero-order chi connectivity index (χ0) is 20.4. The summed E-state index contributed by atoms with van der Waals surface area (Å²) in [6, 6.07) is 13.2. The molecule has 2 heterocycles. The average Bonchev–Trinajstić information content (AvgIpc) is 3.22. The lowest BCUT2D eigenvalue weighted by molar-refractivity contribution is -0.126. The first-order valence-electron chi connectivity index (χ1n) is 9.49. The van der Waals surface area contributed by atoms with Gasteiger partial charge in [-0.1, -0.05) is 18.2 Å². The molecule has 4 rings (SSSR count). The fraction of sp³-hybridized carbons (Fsp3) is 0.273. The van der Waals surface area contributed by atoms with Gasteiger partial charge in [0.05, 0.1) is 19.8 Å². The summed E-state index contributed by atoms with van der Waals surface area (Å²) in [6.45, 7) is 2.26. The van der Waals surface area contributed by atoms with Crippen LogP contribution < -0.4 is 14.4 Å². The molecule has 0 spiro atoms. The van der Waals surface area contributed by atoms with Gasteiger partial charge in [-0.05, 0) is 18.2 Å². The number of fused-ring (bicyclic) bond motifs is 1.